The minimum absolute atomic E-state index is 0.101. The molecule has 0 fully saturated rings. The maximum absolute atomic E-state index is 12.7. The van der Waals surface area contributed by atoms with Gasteiger partial charge < -0.3 is 10.6 Å². The van der Waals surface area contributed by atoms with E-state index >= 15 is 0 Å². The Bertz CT molecular complexity index is 1010. The Morgan fingerprint density at radius 1 is 0.964 bits per heavy atom. The van der Waals surface area contributed by atoms with Crippen molar-refractivity contribution in [2.24, 2.45) is 0 Å². The first-order chi connectivity index (χ1) is 13.3. The summed E-state index contributed by atoms with van der Waals surface area (Å²) in [6.07, 6.45) is -1.86. The number of halogens is 3. The van der Waals surface area contributed by atoms with Crippen LogP contribution in [0.4, 0.5) is 42.0 Å². The zero-order chi connectivity index (χ0) is 20.3. The fourth-order valence-corrected chi connectivity index (χ4v) is 2.34. The minimum atomic E-state index is -4.48. The van der Waals surface area contributed by atoms with Crippen LogP contribution < -0.4 is 10.6 Å². The molecule has 28 heavy (non-hydrogen) atoms. The monoisotopic (exact) mass is 390 g/mol. The summed E-state index contributed by atoms with van der Waals surface area (Å²) >= 11 is 0. The molecular formula is C17H13F3N6O2. The number of nitro groups is 1. The first-order valence-corrected chi connectivity index (χ1v) is 7.88. The molecule has 3 rings (SSSR count). The average Bonchev–Trinajstić information content (AvgIpc) is 2.63. The third kappa shape index (κ3) is 4.14. The van der Waals surface area contributed by atoms with Crippen molar-refractivity contribution in [1.29, 1.82) is 0 Å². The third-order valence-corrected chi connectivity index (χ3v) is 3.73. The van der Waals surface area contributed by atoms with E-state index in [1.54, 1.807) is 19.1 Å². The van der Waals surface area contributed by atoms with E-state index < -0.39 is 22.4 Å². The predicted octanol–water partition coefficient (Wildman–Crippen LogP) is 4.59. The van der Waals surface area contributed by atoms with Crippen molar-refractivity contribution < 1.29 is 18.1 Å². The van der Waals surface area contributed by atoms with Gasteiger partial charge in [0.2, 0.25) is 11.6 Å². The van der Waals surface area contributed by atoms with Crippen LogP contribution in [0.5, 0.6) is 0 Å². The van der Waals surface area contributed by atoms with E-state index in [1.807, 2.05) is 0 Å². The quantitative estimate of drug-likeness (QED) is 0.485. The normalized spacial score (nSPS) is 11.1. The SMILES string of the molecule is Cc1cccnc1Nc1ncnc(Nc2ccc(C(F)(F)F)cc2)c1[N+](=O)[O-]. The van der Waals surface area contributed by atoms with Crippen LogP contribution in [0.1, 0.15) is 11.1 Å². The fraction of sp³-hybridized carbons (Fsp3) is 0.118. The molecule has 0 atom stereocenters. The Morgan fingerprint density at radius 2 is 1.61 bits per heavy atom. The summed E-state index contributed by atoms with van der Waals surface area (Å²) in [6, 6.07) is 7.53. The van der Waals surface area contributed by atoms with E-state index in [0.717, 1.165) is 36.2 Å². The lowest BCUT2D eigenvalue weighted by Gasteiger charge is -2.11. The molecule has 8 nitrogen and oxygen atoms in total. The highest BCUT2D eigenvalue weighted by Gasteiger charge is 2.30. The Morgan fingerprint density at radius 3 is 2.18 bits per heavy atom. The minimum Gasteiger partial charge on any atom is -0.334 e. The Balaban J connectivity index is 1.93. The molecule has 2 N–H and O–H groups in total. The second-order valence-electron chi connectivity index (χ2n) is 5.67. The number of hydrogen-bond donors (Lipinski definition) is 2. The van der Waals surface area contributed by atoms with Gasteiger partial charge in [0.05, 0.1) is 10.5 Å². The summed E-state index contributed by atoms with van der Waals surface area (Å²) in [5, 5.41) is 17.0. The van der Waals surface area contributed by atoms with Crippen molar-refractivity contribution in [3.63, 3.8) is 0 Å². The predicted molar refractivity (Wildman–Crippen MR) is 95.7 cm³/mol. The zero-order valence-corrected chi connectivity index (χ0v) is 14.4. The van der Waals surface area contributed by atoms with E-state index in [-0.39, 0.29) is 17.3 Å². The number of nitrogens with zero attached hydrogens (tertiary/aromatic N) is 4. The number of aryl methyl sites for hydroxylation is 1. The fourth-order valence-electron chi connectivity index (χ4n) is 2.34. The van der Waals surface area contributed by atoms with Crippen LogP contribution in [-0.4, -0.2) is 19.9 Å². The van der Waals surface area contributed by atoms with Gasteiger partial charge in [-0.3, -0.25) is 10.1 Å². The highest BCUT2D eigenvalue weighted by atomic mass is 19.4. The molecule has 0 saturated heterocycles. The van der Waals surface area contributed by atoms with Crippen LogP contribution in [0, 0.1) is 17.0 Å². The molecule has 2 heterocycles. The molecule has 0 radical (unpaired) electrons. The first-order valence-electron chi connectivity index (χ1n) is 7.88. The lowest BCUT2D eigenvalue weighted by molar-refractivity contribution is -0.383. The van der Waals surface area contributed by atoms with Gasteiger partial charge in [-0.1, -0.05) is 6.07 Å². The highest BCUT2D eigenvalue weighted by Crippen LogP contribution is 2.34. The van der Waals surface area contributed by atoms with Crippen molar-refractivity contribution in [1.82, 2.24) is 15.0 Å². The summed E-state index contributed by atoms with van der Waals surface area (Å²) < 4.78 is 38.0. The smallest absolute Gasteiger partial charge is 0.334 e. The average molecular weight is 390 g/mol. The molecule has 2 aromatic heterocycles. The van der Waals surface area contributed by atoms with Crippen LogP contribution in [0.2, 0.25) is 0 Å². The van der Waals surface area contributed by atoms with E-state index in [4.69, 9.17) is 0 Å². The highest BCUT2D eigenvalue weighted by molar-refractivity contribution is 5.76. The molecule has 0 spiro atoms. The van der Waals surface area contributed by atoms with Gasteiger partial charge in [-0.15, -0.1) is 0 Å². The van der Waals surface area contributed by atoms with Gasteiger partial charge in [-0.05, 0) is 42.8 Å². The standard InChI is InChI=1S/C17H13F3N6O2/c1-10-3-2-8-21-14(10)25-16-13(26(27)28)15(22-9-23-16)24-12-6-4-11(5-7-12)17(18,19)20/h2-9H,1H3,(H2,21,22,23,24,25). The third-order valence-electron chi connectivity index (χ3n) is 3.73. The second-order valence-corrected chi connectivity index (χ2v) is 5.67. The first kappa shape index (κ1) is 19.0. The summed E-state index contributed by atoms with van der Waals surface area (Å²) in [7, 11) is 0. The van der Waals surface area contributed by atoms with Crippen LogP contribution in [0.15, 0.2) is 48.9 Å². The van der Waals surface area contributed by atoms with Crippen molar-refractivity contribution in [2.75, 3.05) is 10.6 Å². The van der Waals surface area contributed by atoms with Gasteiger partial charge in [-0.2, -0.15) is 13.2 Å². The Labute approximate surface area is 156 Å². The molecule has 144 valence electrons. The molecule has 1 aromatic carbocycles. The van der Waals surface area contributed by atoms with Gasteiger partial charge in [0, 0.05) is 11.9 Å². The van der Waals surface area contributed by atoms with Gasteiger partial charge in [0.25, 0.3) is 0 Å². The van der Waals surface area contributed by atoms with Crippen LogP contribution >= 0.6 is 0 Å². The van der Waals surface area contributed by atoms with Crippen molar-refractivity contribution >= 4 is 28.8 Å². The molecule has 0 saturated carbocycles. The van der Waals surface area contributed by atoms with Gasteiger partial charge in [0.1, 0.15) is 12.1 Å². The number of aromatic nitrogens is 3. The maximum atomic E-state index is 12.7. The Kier molecular flexibility index (Phi) is 5.07. The van der Waals surface area contributed by atoms with Crippen LogP contribution in [0.3, 0.4) is 0 Å². The summed E-state index contributed by atoms with van der Waals surface area (Å²) in [6.45, 7) is 1.77. The molecular weight excluding hydrogens is 377 g/mol. The van der Waals surface area contributed by atoms with Crippen molar-refractivity contribution in [3.05, 3.63) is 70.2 Å². The molecule has 3 aromatic rings. The maximum Gasteiger partial charge on any atom is 0.416 e. The van der Waals surface area contributed by atoms with Gasteiger partial charge in [-0.25, -0.2) is 15.0 Å². The molecule has 11 heteroatoms. The summed E-state index contributed by atoms with van der Waals surface area (Å²) in [4.78, 5) is 22.7. The molecule has 0 amide bonds. The van der Waals surface area contributed by atoms with Gasteiger partial charge in [0.15, 0.2) is 0 Å². The number of pyridine rings is 1. The summed E-state index contributed by atoms with van der Waals surface area (Å²) in [5.41, 5.74) is -0.349. The zero-order valence-electron chi connectivity index (χ0n) is 14.4. The molecule has 0 aliphatic carbocycles. The number of alkyl halides is 3. The van der Waals surface area contributed by atoms with E-state index in [2.05, 4.69) is 25.6 Å². The van der Waals surface area contributed by atoms with Crippen molar-refractivity contribution in [3.8, 4) is 0 Å². The van der Waals surface area contributed by atoms with Gasteiger partial charge >= 0.3 is 11.9 Å². The number of anilines is 4. The molecule has 0 bridgehead atoms. The van der Waals surface area contributed by atoms with E-state index in [9.17, 15) is 23.3 Å². The number of hydrogen-bond acceptors (Lipinski definition) is 7. The van der Waals surface area contributed by atoms with E-state index in [1.165, 1.54) is 6.20 Å². The van der Waals surface area contributed by atoms with Crippen LogP contribution in [-0.2, 0) is 6.18 Å². The topological polar surface area (TPSA) is 106 Å². The van der Waals surface area contributed by atoms with E-state index in [0.29, 0.717) is 5.82 Å². The number of nitrogens with one attached hydrogen (secondary N) is 2. The number of benzene rings is 1. The second kappa shape index (κ2) is 7.47. The van der Waals surface area contributed by atoms with Crippen molar-refractivity contribution in [2.45, 2.75) is 13.1 Å². The van der Waals surface area contributed by atoms with Crippen LogP contribution in [0.25, 0.3) is 0 Å². The molecule has 0 aliphatic rings. The Hall–Kier alpha value is -3.76. The molecule has 0 unspecified atom stereocenters. The lowest BCUT2D eigenvalue weighted by atomic mass is 10.2. The summed E-state index contributed by atoms with van der Waals surface area (Å²) in [5.74, 6) is 0.108. The lowest BCUT2D eigenvalue weighted by Crippen LogP contribution is -2.07. The molecule has 0 aliphatic heterocycles. The largest absolute Gasteiger partial charge is 0.416 e. The number of rotatable bonds is 5.